The number of nitrogens with one attached hydrogen (secondary N) is 2. The van der Waals surface area contributed by atoms with Gasteiger partial charge in [0.15, 0.2) is 5.13 Å². The van der Waals surface area contributed by atoms with Crippen molar-refractivity contribution < 1.29 is 33.2 Å². The molecule has 202 valence electrons. The van der Waals surface area contributed by atoms with Gasteiger partial charge in [-0.1, -0.05) is 11.2 Å². The molecule has 0 unspecified atom stereocenters. The van der Waals surface area contributed by atoms with E-state index in [-0.39, 0.29) is 22.4 Å². The lowest BCUT2D eigenvalue weighted by atomic mass is 10.0. The van der Waals surface area contributed by atoms with Gasteiger partial charge in [0.25, 0.3) is 18.7 Å². The Morgan fingerprint density at radius 2 is 2.24 bits per heavy atom. The number of carboxylic acids is 1. The minimum atomic E-state index is -1.30. The van der Waals surface area contributed by atoms with Gasteiger partial charge in [0.2, 0.25) is 17.4 Å². The van der Waals surface area contributed by atoms with Gasteiger partial charge in [-0.15, -0.1) is 22.0 Å². The lowest BCUT2D eigenvalue weighted by Crippen LogP contribution is -2.71. The average Bonchev–Trinajstić information content (AvgIpc) is 3.53. The van der Waals surface area contributed by atoms with Gasteiger partial charge in [0.05, 0.1) is 20.6 Å². The summed E-state index contributed by atoms with van der Waals surface area (Å²) in [5.74, 6) is -2.16. The number of rotatable bonds is 11. The first kappa shape index (κ1) is 27.1. The van der Waals surface area contributed by atoms with E-state index in [0.717, 1.165) is 16.4 Å². The molecule has 2 aliphatic heterocycles. The fourth-order valence-electron chi connectivity index (χ4n) is 3.76. The highest BCUT2D eigenvalue weighted by Gasteiger charge is 2.54. The number of quaternary nitrogens is 1. The van der Waals surface area contributed by atoms with Crippen molar-refractivity contribution in [1.82, 2.24) is 40.2 Å². The van der Waals surface area contributed by atoms with Gasteiger partial charge in [0.1, 0.15) is 23.7 Å². The molecule has 16 nitrogen and oxygen atoms in total. The molecule has 0 radical (unpaired) electrons. The van der Waals surface area contributed by atoms with E-state index < -0.39 is 41.8 Å². The molecule has 2 atom stereocenters. The summed E-state index contributed by atoms with van der Waals surface area (Å²) in [5, 5.41) is 29.0. The van der Waals surface area contributed by atoms with Crippen LogP contribution >= 0.6 is 23.3 Å². The molecule has 2 amide bonds. The number of likely N-dealkylation sites (N-methyl/N-ethyl adjacent to an activating group) is 1. The Kier molecular flexibility index (Phi) is 7.97. The molecule has 5 N–H and O–H groups in total. The van der Waals surface area contributed by atoms with E-state index in [1.807, 2.05) is 20.2 Å². The maximum atomic E-state index is 13.0. The number of allylic oxidation sites excluding steroid dienone is 1. The van der Waals surface area contributed by atoms with Crippen molar-refractivity contribution in [2.75, 3.05) is 39.0 Å². The van der Waals surface area contributed by atoms with Crippen molar-refractivity contribution >= 4 is 51.9 Å². The smallest absolute Gasteiger partial charge is 0.352 e. The number of aliphatic carboxylic acids is 1. The zero-order chi connectivity index (χ0) is 27.4. The van der Waals surface area contributed by atoms with E-state index in [0.29, 0.717) is 29.0 Å². The number of carbonyl (C=O) groups is 3. The number of nitrogen functional groups attached to an aromatic ring is 1. The van der Waals surface area contributed by atoms with Crippen LogP contribution in [0.1, 0.15) is 11.6 Å². The summed E-state index contributed by atoms with van der Waals surface area (Å²) in [6.45, 7) is -0.274. The highest BCUT2D eigenvalue weighted by atomic mass is 32.2. The van der Waals surface area contributed by atoms with Gasteiger partial charge in [-0.25, -0.2) is 9.18 Å². The largest absolute Gasteiger partial charge is 0.477 e. The number of nitrogens with zero attached hydrogens (tertiary/aromatic N) is 8. The number of fused-ring (bicyclic) bond motifs is 1. The summed E-state index contributed by atoms with van der Waals surface area (Å²) in [6.07, 6.45) is 3.50. The summed E-state index contributed by atoms with van der Waals surface area (Å²) >= 11 is 2.08. The second-order valence-electron chi connectivity index (χ2n) is 8.68. The fraction of sp³-hybridized carbons (Fsp3) is 0.421. The van der Waals surface area contributed by atoms with Crippen LogP contribution in [0.2, 0.25) is 0 Å². The zero-order valence-electron chi connectivity index (χ0n) is 20.1. The van der Waals surface area contributed by atoms with Crippen LogP contribution in [0.3, 0.4) is 0 Å². The third kappa shape index (κ3) is 5.78. The van der Waals surface area contributed by atoms with Crippen LogP contribution in [-0.2, 0) is 25.8 Å². The average molecular weight is 569 g/mol. The number of thioether (sulfide) groups is 1. The maximum Gasteiger partial charge on any atom is 0.352 e. The second kappa shape index (κ2) is 11.2. The molecule has 0 spiro atoms. The molecule has 2 aromatic heterocycles. The van der Waals surface area contributed by atoms with Crippen molar-refractivity contribution in [3.8, 4) is 0 Å². The van der Waals surface area contributed by atoms with Crippen molar-refractivity contribution in [3.63, 3.8) is 0 Å². The zero-order valence-corrected chi connectivity index (χ0v) is 21.7. The predicted molar refractivity (Wildman–Crippen MR) is 132 cm³/mol. The molecule has 1 saturated heterocycles. The lowest BCUT2D eigenvalue weighted by molar-refractivity contribution is -0.898. The molecule has 0 saturated carbocycles. The minimum Gasteiger partial charge on any atom is -0.477 e. The van der Waals surface area contributed by atoms with Crippen LogP contribution in [0.15, 0.2) is 28.6 Å². The third-order valence-electron chi connectivity index (χ3n) is 5.44. The summed E-state index contributed by atoms with van der Waals surface area (Å²) in [6, 6.07) is -1.05. The molecule has 0 bridgehead atoms. The number of hydrogen-bond acceptors (Lipinski definition) is 13. The first-order valence-electron chi connectivity index (χ1n) is 10.9. The Bertz CT molecular complexity index is 1310. The summed E-state index contributed by atoms with van der Waals surface area (Å²) < 4.78 is 16.8. The Balaban J connectivity index is 1.46. The van der Waals surface area contributed by atoms with Crippen LogP contribution < -0.4 is 11.1 Å². The number of oxime groups is 1. The third-order valence-corrected chi connectivity index (χ3v) is 7.28. The molecule has 0 aliphatic carbocycles. The number of H-pyrrole nitrogens is 1. The number of nitrogens with two attached hydrogens (primary N) is 1. The van der Waals surface area contributed by atoms with E-state index in [4.69, 9.17) is 5.73 Å². The van der Waals surface area contributed by atoms with E-state index in [9.17, 15) is 23.9 Å². The quantitative estimate of drug-likeness (QED) is 0.109. The van der Waals surface area contributed by atoms with Crippen LogP contribution in [0.5, 0.6) is 0 Å². The number of β-lactam (4-membered cyclic amide) rings is 1. The lowest BCUT2D eigenvalue weighted by Gasteiger charge is -2.49. The number of anilines is 1. The molecule has 0 aromatic carbocycles. The normalized spacial score (nSPS) is 19.9. The number of carbonyl (C=O) groups excluding carboxylic acids is 2. The minimum absolute atomic E-state index is 0.0447. The topological polar surface area (TPSA) is 215 Å². The van der Waals surface area contributed by atoms with Crippen molar-refractivity contribution in [2.45, 2.75) is 18.0 Å². The number of amides is 2. The molecule has 2 aromatic rings. The van der Waals surface area contributed by atoms with Crippen molar-refractivity contribution in [1.29, 1.82) is 0 Å². The number of carboxylic acid groups (broad SMARTS) is 1. The van der Waals surface area contributed by atoms with Crippen LogP contribution in [0, 0.1) is 0 Å². The number of halogens is 1. The number of aromatic amines is 1. The van der Waals surface area contributed by atoms with Gasteiger partial charge < -0.3 is 25.5 Å². The van der Waals surface area contributed by atoms with Crippen LogP contribution in [-0.4, -0.2) is 113 Å². The van der Waals surface area contributed by atoms with E-state index >= 15 is 0 Å². The molecule has 4 rings (SSSR count). The van der Waals surface area contributed by atoms with Crippen LogP contribution in [0.4, 0.5) is 9.52 Å². The summed E-state index contributed by atoms with van der Waals surface area (Å²) in [7, 11) is 3.91. The molecule has 38 heavy (non-hydrogen) atoms. The Hall–Kier alpha value is -3.97. The highest BCUT2D eigenvalue weighted by Crippen LogP contribution is 2.40. The van der Waals surface area contributed by atoms with E-state index in [1.54, 1.807) is 6.08 Å². The number of hydrogen-bond donors (Lipinski definition) is 4. The second-order valence-corrected chi connectivity index (χ2v) is 10.6. The Morgan fingerprint density at radius 1 is 1.45 bits per heavy atom. The first-order valence-corrected chi connectivity index (χ1v) is 12.7. The summed E-state index contributed by atoms with van der Waals surface area (Å²) in [4.78, 5) is 47.2. The summed E-state index contributed by atoms with van der Waals surface area (Å²) in [5.41, 5.74) is 5.37. The van der Waals surface area contributed by atoms with Crippen molar-refractivity contribution in [2.24, 2.45) is 5.16 Å². The van der Waals surface area contributed by atoms with Gasteiger partial charge in [0, 0.05) is 17.3 Å². The molecular formula is C19H23FN11O5S2+. The van der Waals surface area contributed by atoms with E-state index in [1.165, 1.54) is 11.8 Å². The Morgan fingerprint density at radius 3 is 2.87 bits per heavy atom. The maximum absolute atomic E-state index is 13.0. The van der Waals surface area contributed by atoms with Gasteiger partial charge in [-0.3, -0.25) is 14.5 Å². The van der Waals surface area contributed by atoms with Gasteiger partial charge >= 0.3 is 5.97 Å². The van der Waals surface area contributed by atoms with Crippen molar-refractivity contribution in [3.05, 3.63) is 35.1 Å². The molecule has 2 aliphatic rings. The molecule has 19 heteroatoms. The SMILES string of the molecule is C[N+](C)(C/C=C/C1=C(C(=O)O)N2C(=O)[C@@H](NC(=O)/C(=N\OCF)c3nsc(N)n3)[C@@H]2SC1)Cc1nn[nH]n1. The van der Waals surface area contributed by atoms with E-state index in [2.05, 4.69) is 45.3 Å². The highest BCUT2D eigenvalue weighted by molar-refractivity contribution is 8.00. The Labute approximate surface area is 222 Å². The number of alkyl halides is 1. The first-order chi connectivity index (χ1) is 18.1. The molecule has 1 fully saturated rings. The van der Waals surface area contributed by atoms with Gasteiger partial charge in [-0.05, 0) is 16.9 Å². The van der Waals surface area contributed by atoms with Gasteiger partial charge in [-0.2, -0.15) is 14.6 Å². The van der Waals surface area contributed by atoms with Crippen LogP contribution in [0.25, 0.3) is 0 Å². The number of aromatic nitrogens is 6. The standard InChI is InChI=1S/C19H22FN11O5S2/c1-31(2,6-10-24-28-29-25-10)5-3-4-9-7-37-17-12(16(33)30(17)13(9)18(34)35)22-15(32)11(26-36-8-20)14-23-19(21)38-27-14/h3-4,12,17H,5-8H2,1-2H3,(H4-,21,22,23,24,25,27,28,29,32,34,35)/p+1/b4-3+,26-11-/t12-,17+/m1/s1. The predicted octanol–water partition coefficient (Wildman–Crippen LogP) is -1.15. The molecule has 4 heterocycles. The fourth-order valence-corrected chi connectivity index (χ4v) is 5.52. The molecular weight excluding hydrogens is 545 g/mol. The number of tetrazole rings is 1. The monoisotopic (exact) mass is 568 g/mol.